The molecular formula is C16H24N2O3. The summed E-state index contributed by atoms with van der Waals surface area (Å²) < 4.78 is 9.86. The van der Waals surface area contributed by atoms with Crippen LogP contribution >= 0.6 is 0 Å². The van der Waals surface area contributed by atoms with E-state index in [-0.39, 0.29) is 12.1 Å². The Balaban J connectivity index is 1.65. The number of likely N-dealkylation sites (tertiary alicyclic amines) is 1. The molecule has 1 amide bonds. The summed E-state index contributed by atoms with van der Waals surface area (Å²) in [6.07, 6.45) is 1.59. The smallest absolute Gasteiger partial charge is 0.407 e. The predicted molar refractivity (Wildman–Crippen MR) is 81.1 cm³/mol. The van der Waals surface area contributed by atoms with Crippen molar-refractivity contribution < 1.29 is 14.3 Å². The number of rotatable bonds is 6. The summed E-state index contributed by atoms with van der Waals surface area (Å²) in [7, 11) is 1.59. The SMILES string of the molecule is COCCOC(=O)NC1CCN(Cc2ccccc2)CC1. The standard InChI is InChI=1S/C16H24N2O3/c1-20-11-12-21-16(19)17-15-7-9-18(10-8-15)13-14-5-3-2-4-6-14/h2-6,15H,7-13H2,1H3,(H,17,19). The molecule has 1 fully saturated rings. The lowest BCUT2D eigenvalue weighted by molar-refractivity contribution is 0.0926. The topological polar surface area (TPSA) is 50.8 Å². The summed E-state index contributed by atoms with van der Waals surface area (Å²) >= 11 is 0. The molecule has 1 aromatic carbocycles. The molecule has 0 radical (unpaired) electrons. The van der Waals surface area contributed by atoms with Crippen LogP contribution in [0.4, 0.5) is 4.79 Å². The molecule has 1 heterocycles. The Hall–Kier alpha value is -1.59. The van der Waals surface area contributed by atoms with Gasteiger partial charge in [0.1, 0.15) is 6.61 Å². The minimum Gasteiger partial charge on any atom is -0.447 e. The highest BCUT2D eigenvalue weighted by Crippen LogP contribution is 2.13. The maximum absolute atomic E-state index is 11.6. The first kappa shape index (κ1) is 15.8. The number of methoxy groups -OCH3 is 1. The van der Waals surface area contributed by atoms with Crippen molar-refractivity contribution >= 4 is 6.09 Å². The molecular weight excluding hydrogens is 268 g/mol. The zero-order valence-electron chi connectivity index (χ0n) is 12.6. The van der Waals surface area contributed by atoms with Gasteiger partial charge in [0.25, 0.3) is 0 Å². The average Bonchev–Trinajstić information content (AvgIpc) is 2.51. The van der Waals surface area contributed by atoms with Gasteiger partial charge in [-0.25, -0.2) is 4.79 Å². The molecule has 1 aromatic rings. The maximum Gasteiger partial charge on any atom is 0.407 e. The fraction of sp³-hybridized carbons (Fsp3) is 0.562. The lowest BCUT2D eigenvalue weighted by atomic mass is 10.0. The van der Waals surface area contributed by atoms with Gasteiger partial charge in [-0.15, -0.1) is 0 Å². The lowest BCUT2D eigenvalue weighted by Crippen LogP contribution is -2.44. The van der Waals surface area contributed by atoms with Crippen molar-refractivity contribution in [3.63, 3.8) is 0 Å². The zero-order valence-corrected chi connectivity index (χ0v) is 12.6. The number of carbonyl (C=O) groups excluding carboxylic acids is 1. The number of benzene rings is 1. The van der Waals surface area contributed by atoms with Crippen molar-refractivity contribution in [2.24, 2.45) is 0 Å². The van der Waals surface area contributed by atoms with Crippen LogP contribution in [0.1, 0.15) is 18.4 Å². The van der Waals surface area contributed by atoms with Crippen molar-refractivity contribution in [3.05, 3.63) is 35.9 Å². The van der Waals surface area contributed by atoms with E-state index in [4.69, 9.17) is 9.47 Å². The minimum atomic E-state index is -0.339. The van der Waals surface area contributed by atoms with E-state index in [9.17, 15) is 4.79 Å². The number of amides is 1. The van der Waals surface area contributed by atoms with Crippen molar-refractivity contribution in [1.29, 1.82) is 0 Å². The number of carbonyl (C=O) groups is 1. The molecule has 1 saturated heterocycles. The summed E-state index contributed by atoms with van der Waals surface area (Å²) in [5.74, 6) is 0. The Morgan fingerprint density at radius 3 is 2.62 bits per heavy atom. The normalized spacial score (nSPS) is 16.6. The first-order chi connectivity index (χ1) is 10.3. The number of hydrogen-bond donors (Lipinski definition) is 1. The van der Waals surface area contributed by atoms with Crippen LogP contribution in [0.3, 0.4) is 0 Å². The monoisotopic (exact) mass is 292 g/mol. The van der Waals surface area contributed by atoms with E-state index in [2.05, 4.69) is 34.5 Å². The Morgan fingerprint density at radius 1 is 1.24 bits per heavy atom. The van der Waals surface area contributed by atoms with Crippen LogP contribution in [0.5, 0.6) is 0 Å². The van der Waals surface area contributed by atoms with Crippen molar-refractivity contribution in [2.75, 3.05) is 33.4 Å². The van der Waals surface area contributed by atoms with Crippen LogP contribution in [0.15, 0.2) is 30.3 Å². The van der Waals surface area contributed by atoms with Gasteiger partial charge in [-0.2, -0.15) is 0 Å². The van der Waals surface area contributed by atoms with E-state index in [0.29, 0.717) is 13.2 Å². The molecule has 0 aromatic heterocycles. The van der Waals surface area contributed by atoms with E-state index in [1.54, 1.807) is 7.11 Å². The van der Waals surface area contributed by atoms with Gasteiger partial charge in [-0.05, 0) is 18.4 Å². The molecule has 5 heteroatoms. The third kappa shape index (κ3) is 5.73. The third-order valence-corrected chi connectivity index (χ3v) is 3.68. The zero-order chi connectivity index (χ0) is 14.9. The summed E-state index contributed by atoms with van der Waals surface area (Å²) in [6, 6.07) is 10.7. The highest BCUT2D eigenvalue weighted by molar-refractivity contribution is 5.67. The van der Waals surface area contributed by atoms with Crippen molar-refractivity contribution in [1.82, 2.24) is 10.2 Å². The molecule has 0 aliphatic carbocycles. The average molecular weight is 292 g/mol. The quantitative estimate of drug-likeness (QED) is 0.815. The Morgan fingerprint density at radius 2 is 1.95 bits per heavy atom. The number of piperidine rings is 1. The van der Waals surface area contributed by atoms with Gasteiger partial charge in [0.15, 0.2) is 0 Å². The summed E-state index contributed by atoms with van der Waals surface area (Å²) in [5, 5.41) is 2.92. The fourth-order valence-electron chi connectivity index (χ4n) is 2.50. The summed E-state index contributed by atoms with van der Waals surface area (Å²) in [6.45, 7) is 3.71. The van der Waals surface area contributed by atoms with Crippen LogP contribution in [0.25, 0.3) is 0 Å². The van der Waals surface area contributed by atoms with Crippen LogP contribution in [-0.4, -0.2) is 50.4 Å². The highest BCUT2D eigenvalue weighted by atomic mass is 16.6. The molecule has 0 atom stereocenters. The second kappa shape index (κ2) is 8.64. The molecule has 0 spiro atoms. The van der Waals surface area contributed by atoms with Gasteiger partial charge in [0.05, 0.1) is 6.61 Å². The van der Waals surface area contributed by atoms with Gasteiger partial charge in [0.2, 0.25) is 0 Å². The van der Waals surface area contributed by atoms with Crippen LogP contribution < -0.4 is 5.32 Å². The van der Waals surface area contributed by atoms with Crippen molar-refractivity contribution in [3.8, 4) is 0 Å². The van der Waals surface area contributed by atoms with Gasteiger partial charge in [0, 0.05) is 32.8 Å². The van der Waals surface area contributed by atoms with Crippen molar-refractivity contribution in [2.45, 2.75) is 25.4 Å². The number of nitrogens with one attached hydrogen (secondary N) is 1. The molecule has 2 rings (SSSR count). The van der Waals surface area contributed by atoms with E-state index < -0.39 is 0 Å². The highest BCUT2D eigenvalue weighted by Gasteiger charge is 2.21. The first-order valence-corrected chi connectivity index (χ1v) is 7.46. The Labute approximate surface area is 126 Å². The molecule has 0 bridgehead atoms. The molecule has 5 nitrogen and oxygen atoms in total. The lowest BCUT2D eigenvalue weighted by Gasteiger charge is -2.32. The molecule has 21 heavy (non-hydrogen) atoms. The first-order valence-electron chi connectivity index (χ1n) is 7.46. The van der Waals surface area contributed by atoms with Gasteiger partial charge >= 0.3 is 6.09 Å². The minimum absolute atomic E-state index is 0.215. The van der Waals surface area contributed by atoms with E-state index in [1.807, 2.05) is 6.07 Å². The summed E-state index contributed by atoms with van der Waals surface area (Å²) in [5.41, 5.74) is 1.34. The molecule has 0 saturated carbocycles. The van der Waals surface area contributed by atoms with Crippen LogP contribution in [-0.2, 0) is 16.0 Å². The third-order valence-electron chi connectivity index (χ3n) is 3.68. The van der Waals surface area contributed by atoms with Crippen LogP contribution in [0, 0.1) is 0 Å². The Kier molecular flexibility index (Phi) is 6.50. The molecule has 1 aliphatic rings. The Bertz CT molecular complexity index is 417. The number of hydrogen-bond acceptors (Lipinski definition) is 4. The number of alkyl carbamates (subject to hydrolysis) is 1. The molecule has 1 aliphatic heterocycles. The molecule has 116 valence electrons. The molecule has 0 unspecified atom stereocenters. The largest absolute Gasteiger partial charge is 0.447 e. The van der Waals surface area contributed by atoms with E-state index in [1.165, 1.54) is 5.56 Å². The number of ether oxygens (including phenoxy) is 2. The van der Waals surface area contributed by atoms with E-state index in [0.717, 1.165) is 32.5 Å². The van der Waals surface area contributed by atoms with E-state index >= 15 is 0 Å². The van der Waals surface area contributed by atoms with Gasteiger partial charge < -0.3 is 14.8 Å². The maximum atomic E-state index is 11.6. The number of nitrogens with zero attached hydrogens (tertiary/aromatic N) is 1. The predicted octanol–water partition coefficient (Wildman–Crippen LogP) is 2.02. The fourth-order valence-corrected chi connectivity index (χ4v) is 2.50. The van der Waals surface area contributed by atoms with Gasteiger partial charge in [-0.3, -0.25) is 4.90 Å². The second-order valence-electron chi connectivity index (χ2n) is 5.31. The second-order valence-corrected chi connectivity index (χ2v) is 5.31. The van der Waals surface area contributed by atoms with Gasteiger partial charge in [-0.1, -0.05) is 30.3 Å². The summed E-state index contributed by atoms with van der Waals surface area (Å²) in [4.78, 5) is 14.0. The van der Waals surface area contributed by atoms with Crippen LogP contribution in [0.2, 0.25) is 0 Å². The molecule has 1 N–H and O–H groups in total.